The Hall–Kier alpha value is -1.66. The number of Topliss-reactive ketones (excluding diaryl/α,β-unsaturated/α-hetero) is 1. The second-order valence-electron chi connectivity index (χ2n) is 5.02. The van der Waals surface area contributed by atoms with E-state index >= 15 is 0 Å². The van der Waals surface area contributed by atoms with Crippen molar-refractivity contribution in [2.24, 2.45) is 7.05 Å². The van der Waals surface area contributed by atoms with Crippen molar-refractivity contribution in [2.45, 2.75) is 26.8 Å². The van der Waals surface area contributed by atoms with Crippen LogP contribution in [0.25, 0.3) is 0 Å². The zero-order valence-corrected chi connectivity index (χ0v) is 13.6. The molecule has 1 N–H and O–H groups in total. The molecule has 0 aliphatic heterocycles. The highest BCUT2D eigenvalue weighted by Crippen LogP contribution is 2.23. The Balaban J connectivity index is 3.08. The van der Waals surface area contributed by atoms with Gasteiger partial charge in [0, 0.05) is 32.0 Å². The van der Waals surface area contributed by atoms with E-state index in [-0.39, 0.29) is 11.8 Å². The first kappa shape index (κ1) is 17.4. The molecule has 0 aromatic carbocycles. The molecule has 1 aromatic rings. The van der Waals surface area contributed by atoms with Gasteiger partial charge in [0.25, 0.3) is 0 Å². The summed E-state index contributed by atoms with van der Waals surface area (Å²) in [5.41, 5.74) is 2.42. The van der Waals surface area contributed by atoms with Crippen LogP contribution in [0, 0.1) is 13.8 Å². The van der Waals surface area contributed by atoms with Gasteiger partial charge in [0.05, 0.1) is 19.8 Å². The molecule has 0 radical (unpaired) electrons. The van der Waals surface area contributed by atoms with Crippen molar-refractivity contribution < 1.29 is 19.1 Å². The molecular formula is C15H24N2O4. The maximum atomic E-state index is 12.6. The molecule has 0 bridgehead atoms. The quantitative estimate of drug-likeness (QED) is 0.466. The summed E-state index contributed by atoms with van der Waals surface area (Å²) in [7, 11) is 4.71. The SMILES string of the molecule is COCCNC(C)C(=O)c1c(C)c(C(=O)OC)n(C)c1C. The standard InChI is InChI=1S/C15H24N2O4/c1-9-12(14(18)10(2)16-7-8-20-5)11(3)17(4)13(9)15(19)21-6/h10,16H,7-8H2,1-6H3. The highest BCUT2D eigenvalue weighted by Gasteiger charge is 2.27. The molecule has 0 spiro atoms. The summed E-state index contributed by atoms with van der Waals surface area (Å²) >= 11 is 0. The van der Waals surface area contributed by atoms with E-state index in [1.54, 1.807) is 25.6 Å². The molecule has 0 aliphatic rings. The van der Waals surface area contributed by atoms with Crippen molar-refractivity contribution in [3.8, 4) is 0 Å². The molecule has 1 unspecified atom stereocenters. The molecule has 118 valence electrons. The first-order valence-electron chi connectivity index (χ1n) is 6.87. The number of esters is 1. The number of nitrogens with one attached hydrogen (secondary N) is 1. The van der Waals surface area contributed by atoms with Gasteiger partial charge in [-0.05, 0) is 26.3 Å². The first-order valence-corrected chi connectivity index (χ1v) is 6.87. The van der Waals surface area contributed by atoms with Gasteiger partial charge in [0.2, 0.25) is 0 Å². The molecule has 1 heterocycles. The van der Waals surface area contributed by atoms with E-state index in [1.807, 2.05) is 13.8 Å². The Labute approximate surface area is 125 Å². The van der Waals surface area contributed by atoms with Gasteiger partial charge in [-0.25, -0.2) is 4.79 Å². The first-order chi connectivity index (χ1) is 9.86. The molecule has 6 nitrogen and oxygen atoms in total. The van der Waals surface area contributed by atoms with Crippen LogP contribution < -0.4 is 5.32 Å². The monoisotopic (exact) mass is 296 g/mol. The zero-order valence-electron chi connectivity index (χ0n) is 13.6. The third kappa shape index (κ3) is 3.51. The van der Waals surface area contributed by atoms with Gasteiger partial charge in [-0.2, -0.15) is 0 Å². The third-order valence-corrected chi connectivity index (χ3v) is 3.71. The number of methoxy groups -OCH3 is 2. The van der Waals surface area contributed by atoms with E-state index in [1.165, 1.54) is 7.11 Å². The van der Waals surface area contributed by atoms with E-state index in [4.69, 9.17) is 9.47 Å². The average Bonchev–Trinajstić information content (AvgIpc) is 2.68. The number of ether oxygens (including phenoxy) is 2. The number of rotatable bonds is 7. The molecule has 0 fully saturated rings. The number of ketones is 1. The smallest absolute Gasteiger partial charge is 0.354 e. The summed E-state index contributed by atoms with van der Waals surface area (Å²) in [5.74, 6) is -0.469. The van der Waals surface area contributed by atoms with Crippen LogP contribution in [0.2, 0.25) is 0 Å². The van der Waals surface area contributed by atoms with Crippen molar-refractivity contribution in [2.75, 3.05) is 27.4 Å². The lowest BCUT2D eigenvalue weighted by molar-refractivity contribution is 0.0588. The predicted octanol–water partition coefficient (Wildman–Crippen LogP) is 1.24. The van der Waals surface area contributed by atoms with Crippen LogP contribution in [0.4, 0.5) is 0 Å². The molecular weight excluding hydrogens is 272 g/mol. The Morgan fingerprint density at radius 1 is 1.29 bits per heavy atom. The molecule has 0 amide bonds. The van der Waals surface area contributed by atoms with E-state index in [2.05, 4.69) is 5.32 Å². The second kappa shape index (κ2) is 7.38. The lowest BCUT2D eigenvalue weighted by Crippen LogP contribution is -2.36. The van der Waals surface area contributed by atoms with Crippen LogP contribution in [0.3, 0.4) is 0 Å². The maximum absolute atomic E-state index is 12.6. The average molecular weight is 296 g/mol. The molecule has 21 heavy (non-hydrogen) atoms. The Morgan fingerprint density at radius 2 is 1.90 bits per heavy atom. The van der Waals surface area contributed by atoms with Crippen LogP contribution >= 0.6 is 0 Å². The second-order valence-corrected chi connectivity index (χ2v) is 5.02. The highest BCUT2D eigenvalue weighted by atomic mass is 16.5. The summed E-state index contributed by atoms with van der Waals surface area (Å²) in [4.78, 5) is 24.4. The van der Waals surface area contributed by atoms with Gasteiger partial charge < -0.3 is 19.4 Å². The van der Waals surface area contributed by atoms with Crippen LogP contribution in [-0.2, 0) is 16.5 Å². The summed E-state index contributed by atoms with van der Waals surface area (Å²) < 4.78 is 11.4. The molecule has 6 heteroatoms. The summed E-state index contributed by atoms with van der Waals surface area (Å²) in [6.45, 7) is 6.54. The highest BCUT2D eigenvalue weighted by molar-refractivity contribution is 6.05. The van der Waals surface area contributed by atoms with E-state index in [0.717, 1.165) is 5.69 Å². The van der Waals surface area contributed by atoms with Crippen LogP contribution in [0.1, 0.15) is 39.0 Å². The molecule has 0 saturated carbocycles. The summed E-state index contributed by atoms with van der Waals surface area (Å²) in [6.07, 6.45) is 0. The number of carbonyl (C=O) groups excluding carboxylic acids is 2. The minimum absolute atomic E-state index is 0.0353. The number of hydrogen-bond acceptors (Lipinski definition) is 5. The fourth-order valence-electron chi connectivity index (χ4n) is 2.41. The predicted molar refractivity (Wildman–Crippen MR) is 79.9 cm³/mol. The Morgan fingerprint density at radius 3 is 2.43 bits per heavy atom. The van der Waals surface area contributed by atoms with E-state index in [0.29, 0.717) is 30.0 Å². The normalized spacial score (nSPS) is 12.3. The lowest BCUT2D eigenvalue weighted by Gasteiger charge is -2.13. The topological polar surface area (TPSA) is 69.6 Å². The maximum Gasteiger partial charge on any atom is 0.354 e. The molecule has 1 aromatic heterocycles. The van der Waals surface area contributed by atoms with Gasteiger partial charge in [-0.3, -0.25) is 4.79 Å². The number of aromatic nitrogens is 1. The van der Waals surface area contributed by atoms with Gasteiger partial charge in [0.15, 0.2) is 5.78 Å². The molecule has 1 atom stereocenters. The van der Waals surface area contributed by atoms with Gasteiger partial charge in [-0.15, -0.1) is 0 Å². The number of carbonyl (C=O) groups is 2. The van der Waals surface area contributed by atoms with Crippen LogP contribution in [0.15, 0.2) is 0 Å². The van der Waals surface area contributed by atoms with Gasteiger partial charge in [0.1, 0.15) is 5.69 Å². The minimum Gasteiger partial charge on any atom is -0.464 e. The molecule has 0 saturated heterocycles. The fraction of sp³-hybridized carbons (Fsp3) is 0.600. The Bertz CT molecular complexity index is 534. The van der Waals surface area contributed by atoms with Gasteiger partial charge in [-0.1, -0.05) is 0 Å². The van der Waals surface area contributed by atoms with E-state index < -0.39 is 5.97 Å². The molecule has 0 aliphatic carbocycles. The van der Waals surface area contributed by atoms with Crippen molar-refractivity contribution in [3.05, 3.63) is 22.5 Å². The minimum atomic E-state index is -0.433. The van der Waals surface area contributed by atoms with E-state index in [9.17, 15) is 9.59 Å². The number of nitrogens with zero attached hydrogens (tertiary/aromatic N) is 1. The van der Waals surface area contributed by atoms with Crippen molar-refractivity contribution in [3.63, 3.8) is 0 Å². The Kier molecular flexibility index (Phi) is 6.11. The fourth-order valence-corrected chi connectivity index (χ4v) is 2.41. The summed E-state index contributed by atoms with van der Waals surface area (Å²) in [6, 6.07) is -0.342. The van der Waals surface area contributed by atoms with Crippen molar-refractivity contribution in [1.29, 1.82) is 0 Å². The largest absolute Gasteiger partial charge is 0.464 e. The zero-order chi connectivity index (χ0) is 16.2. The third-order valence-electron chi connectivity index (χ3n) is 3.71. The summed E-state index contributed by atoms with van der Waals surface area (Å²) in [5, 5.41) is 3.11. The molecule has 1 rings (SSSR count). The van der Waals surface area contributed by atoms with Crippen molar-refractivity contribution >= 4 is 11.8 Å². The van der Waals surface area contributed by atoms with Crippen LogP contribution in [-0.4, -0.2) is 49.7 Å². The van der Waals surface area contributed by atoms with Crippen molar-refractivity contribution in [1.82, 2.24) is 9.88 Å². The lowest BCUT2D eigenvalue weighted by atomic mass is 10.0. The number of hydrogen-bond donors (Lipinski definition) is 1. The van der Waals surface area contributed by atoms with Gasteiger partial charge >= 0.3 is 5.97 Å². The van der Waals surface area contributed by atoms with Crippen LogP contribution in [0.5, 0.6) is 0 Å².